The van der Waals surface area contributed by atoms with Crippen molar-refractivity contribution in [1.29, 1.82) is 0 Å². The maximum absolute atomic E-state index is 11.1. The van der Waals surface area contributed by atoms with Gasteiger partial charge in [-0.2, -0.15) is 0 Å². The molecule has 2 rings (SSSR count). The molecule has 1 aliphatic rings. The number of nitrogens with two attached hydrogens (primary N) is 1. The quantitative estimate of drug-likeness (QED) is 0.868. The molecule has 4 heteroatoms. The molecule has 1 aromatic rings. The Morgan fingerprint density at radius 1 is 1.35 bits per heavy atom. The Kier molecular flexibility index (Phi) is 3.22. The highest BCUT2D eigenvalue weighted by molar-refractivity contribution is 5.74. The van der Waals surface area contributed by atoms with Gasteiger partial charge in [-0.05, 0) is 29.5 Å². The number of ether oxygens (including phenoxy) is 2. The number of amides is 1. The molecule has 0 aromatic heterocycles. The lowest BCUT2D eigenvalue weighted by molar-refractivity contribution is -0.118. The van der Waals surface area contributed by atoms with Crippen LogP contribution in [0.15, 0.2) is 18.2 Å². The van der Waals surface area contributed by atoms with Gasteiger partial charge in [0.05, 0.1) is 0 Å². The number of fused-ring (bicyclic) bond motifs is 1. The fourth-order valence-electron chi connectivity index (χ4n) is 2.10. The van der Waals surface area contributed by atoms with Gasteiger partial charge in [0.2, 0.25) is 12.7 Å². The molecule has 0 saturated carbocycles. The van der Waals surface area contributed by atoms with Crippen LogP contribution < -0.4 is 15.2 Å². The Morgan fingerprint density at radius 2 is 2.06 bits per heavy atom. The largest absolute Gasteiger partial charge is 0.454 e. The van der Waals surface area contributed by atoms with E-state index < -0.39 is 0 Å². The normalized spacial score (nSPS) is 15.0. The van der Waals surface area contributed by atoms with Gasteiger partial charge in [-0.1, -0.05) is 19.9 Å². The van der Waals surface area contributed by atoms with Crippen LogP contribution in [0.5, 0.6) is 11.5 Å². The minimum Gasteiger partial charge on any atom is -0.454 e. The monoisotopic (exact) mass is 235 g/mol. The molecule has 1 aromatic carbocycles. The minimum atomic E-state index is -0.277. The highest BCUT2D eigenvalue weighted by atomic mass is 16.7. The number of benzene rings is 1. The van der Waals surface area contributed by atoms with E-state index in [1.165, 1.54) is 0 Å². The van der Waals surface area contributed by atoms with Crippen LogP contribution in [-0.2, 0) is 4.79 Å². The molecule has 1 aliphatic heterocycles. The Balaban J connectivity index is 2.27. The zero-order valence-electron chi connectivity index (χ0n) is 10.1. The van der Waals surface area contributed by atoms with Gasteiger partial charge in [0, 0.05) is 6.42 Å². The third-order valence-electron chi connectivity index (χ3n) is 3.05. The van der Waals surface area contributed by atoms with Gasteiger partial charge >= 0.3 is 0 Å². The Morgan fingerprint density at radius 3 is 2.71 bits per heavy atom. The molecule has 1 atom stereocenters. The molecule has 0 fully saturated rings. The van der Waals surface area contributed by atoms with Crippen molar-refractivity contribution in [1.82, 2.24) is 0 Å². The van der Waals surface area contributed by atoms with Crippen molar-refractivity contribution in [2.45, 2.75) is 26.2 Å². The first kappa shape index (κ1) is 11.8. The maximum Gasteiger partial charge on any atom is 0.231 e. The van der Waals surface area contributed by atoms with E-state index in [1.54, 1.807) is 0 Å². The van der Waals surface area contributed by atoms with Gasteiger partial charge in [0.25, 0.3) is 0 Å². The zero-order valence-corrected chi connectivity index (χ0v) is 10.1. The number of carbonyl (C=O) groups is 1. The Hall–Kier alpha value is -1.71. The number of primary amides is 1. The number of carbonyl (C=O) groups excluding carboxylic acids is 1. The molecule has 4 nitrogen and oxygen atoms in total. The van der Waals surface area contributed by atoms with E-state index in [4.69, 9.17) is 15.2 Å². The first-order valence-electron chi connectivity index (χ1n) is 5.75. The number of hydrogen-bond donors (Lipinski definition) is 1. The Labute approximate surface area is 101 Å². The standard InChI is InChI=1S/C13H17NO3/c1-8(2)10(6-13(14)15)9-3-4-11-12(5-9)17-7-16-11/h3-5,8,10H,6-7H2,1-2H3,(H2,14,15). The van der Waals surface area contributed by atoms with Crippen LogP contribution in [0.2, 0.25) is 0 Å². The van der Waals surface area contributed by atoms with E-state index in [1.807, 2.05) is 18.2 Å². The molecule has 0 aliphatic carbocycles. The van der Waals surface area contributed by atoms with Crippen molar-refractivity contribution >= 4 is 5.91 Å². The second-order valence-corrected chi connectivity index (χ2v) is 4.63. The topological polar surface area (TPSA) is 61.6 Å². The minimum absolute atomic E-state index is 0.127. The number of rotatable bonds is 4. The lowest BCUT2D eigenvalue weighted by Gasteiger charge is -2.20. The molecule has 1 unspecified atom stereocenters. The summed E-state index contributed by atoms with van der Waals surface area (Å²) in [5.74, 6) is 1.71. The predicted molar refractivity (Wildman–Crippen MR) is 64.0 cm³/mol. The van der Waals surface area contributed by atoms with Gasteiger partial charge in [0.1, 0.15) is 0 Å². The summed E-state index contributed by atoms with van der Waals surface area (Å²) >= 11 is 0. The van der Waals surface area contributed by atoms with Crippen LogP contribution in [-0.4, -0.2) is 12.7 Å². The first-order chi connectivity index (χ1) is 8.08. The molecule has 0 bridgehead atoms. The summed E-state index contributed by atoms with van der Waals surface area (Å²) in [6.07, 6.45) is 0.358. The predicted octanol–water partition coefficient (Wildman–Crippen LogP) is 2.03. The van der Waals surface area contributed by atoms with E-state index in [0.29, 0.717) is 12.3 Å². The fraction of sp³-hybridized carbons (Fsp3) is 0.462. The molecule has 0 radical (unpaired) electrons. The summed E-state index contributed by atoms with van der Waals surface area (Å²) in [6, 6.07) is 5.80. The molecular weight excluding hydrogens is 218 g/mol. The molecule has 0 saturated heterocycles. The van der Waals surface area contributed by atoms with E-state index in [2.05, 4.69) is 13.8 Å². The highest BCUT2D eigenvalue weighted by Crippen LogP contribution is 2.37. The smallest absolute Gasteiger partial charge is 0.231 e. The molecule has 1 amide bonds. The third kappa shape index (κ3) is 2.52. The van der Waals surface area contributed by atoms with E-state index in [0.717, 1.165) is 17.1 Å². The average molecular weight is 235 g/mol. The van der Waals surface area contributed by atoms with Crippen LogP contribution in [0.25, 0.3) is 0 Å². The van der Waals surface area contributed by atoms with Gasteiger partial charge in [-0.25, -0.2) is 0 Å². The number of hydrogen-bond acceptors (Lipinski definition) is 3. The zero-order chi connectivity index (χ0) is 12.4. The molecule has 0 spiro atoms. The lowest BCUT2D eigenvalue weighted by Crippen LogP contribution is -2.18. The van der Waals surface area contributed by atoms with Crippen molar-refractivity contribution in [3.8, 4) is 11.5 Å². The van der Waals surface area contributed by atoms with Crippen molar-refractivity contribution < 1.29 is 14.3 Å². The van der Waals surface area contributed by atoms with E-state index in [-0.39, 0.29) is 18.6 Å². The molecule has 92 valence electrons. The molecular formula is C13H17NO3. The first-order valence-corrected chi connectivity index (χ1v) is 5.75. The second kappa shape index (κ2) is 4.65. The van der Waals surface area contributed by atoms with Crippen molar-refractivity contribution in [2.75, 3.05) is 6.79 Å². The summed E-state index contributed by atoms with van der Waals surface area (Å²) in [4.78, 5) is 11.1. The lowest BCUT2D eigenvalue weighted by atomic mass is 9.85. The summed E-state index contributed by atoms with van der Waals surface area (Å²) in [7, 11) is 0. The van der Waals surface area contributed by atoms with Crippen molar-refractivity contribution in [2.24, 2.45) is 11.7 Å². The third-order valence-corrected chi connectivity index (χ3v) is 3.05. The summed E-state index contributed by atoms with van der Waals surface area (Å²) in [5.41, 5.74) is 6.36. The molecule has 17 heavy (non-hydrogen) atoms. The van der Waals surface area contributed by atoms with E-state index in [9.17, 15) is 4.79 Å². The molecule has 2 N–H and O–H groups in total. The summed E-state index contributed by atoms with van der Waals surface area (Å²) in [6.45, 7) is 4.43. The van der Waals surface area contributed by atoms with Gasteiger partial charge in [-0.3, -0.25) is 4.79 Å². The average Bonchev–Trinajstić information content (AvgIpc) is 2.72. The van der Waals surface area contributed by atoms with Gasteiger partial charge in [-0.15, -0.1) is 0 Å². The Bertz CT molecular complexity index is 429. The van der Waals surface area contributed by atoms with Gasteiger partial charge < -0.3 is 15.2 Å². The van der Waals surface area contributed by atoms with E-state index >= 15 is 0 Å². The molecule has 1 heterocycles. The second-order valence-electron chi connectivity index (χ2n) is 4.63. The highest BCUT2D eigenvalue weighted by Gasteiger charge is 2.21. The van der Waals surface area contributed by atoms with Crippen molar-refractivity contribution in [3.05, 3.63) is 23.8 Å². The van der Waals surface area contributed by atoms with Crippen LogP contribution >= 0.6 is 0 Å². The SMILES string of the molecule is CC(C)C(CC(N)=O)c1ccc2c(c1)OCO2. The fourth-order valence-corrected chi connectivity index (χ4v) is 2.10. The maximum atomic E-state index is 11.1. The summed E-state index contributed by atoms with van der Waals surface area (Å²) in [5, 5.41) is 0. The van der Waals surface area contributed by atoms with Crippen molar-refractivity contribution in [3.63, 3.8) is 0 Å². The summed E-state index contributed by atoms with van der Waals surface area (Å²) < 4.78 is 10.6. The van der Waals surface area contributed by atoms with Crippen LogP contribution in [0.3, 0.4) is 0 Å². The van der Waals surface area contributed by atoms with Crippen LogP contribution in [0.1, 0.15) is 31.7 Å². The van der Waals surface area contributed by atoms with Crippen LogP contribution in [0.4, 0.5) is 0 Å². The van der Waals surface area contributed by atoms with Crippen LogP contribution in [0, 0.1) is 5.92 Å². The van der Waals surface area contributed by atoms with Gasteiger partial charge in [0.15, 0.2) is 11.5 Å².